The normalized spacial score (nSPS) is 23.9. The molecule has 0 aliphatic carbocycles. The molecule has 100 valence electrons. The maximum Gasteiger partial charge on any atom is 0.240 e. The second kappa shape index (κ2) is 4.60. The highest BCUT2D eigenvalue weighted by molar-refractivity contribution is 5.82. The molecule has 1 rings (SSSR count). The maximum atomic E-state index is 12.3. The van der Waals surface area contributed by atoms with Crippen LogP contribution in [-0.4, -0.2) is 29.9 Å². The van der Waals surface area contributed by atoms with Crippen molar-refractivity contribution in [3.05, 3.63) is 0 Å². The van der Waals surface area contributed by atoms with E-state index in [1.165, 1.54) is 0 Å². The second-order valence-electron chi connectivity index (χ2n) is 7.48. The standard InChI is InChI=1S/C14H28N2O/c1-13(2,3)10-7-8-16(9-10)12(17)11(15)14(4,5)6/h10-11H,7-9,15H2,1-6H3. The van der Waals surface area contributed by atoms with Crippen LogP contribution in [0.5, 0.6) is 0 Å². The predicted octanol–water partition coefficient (Wildman–Crippen LogP) is 2.25. The summed E-state index contributed by atoms with van der Waals surface area (Å²) < 4.78 is 0. The Labute approximate surface area is 106 Å². The van der Waals surface area contributed by atoms with Crippen LogP contribution in [-0.2, 0) is 4.79 Å². The third-order valence-electron chi connectivity index (χ3n) is 3.92. The number of carbonyl (C=O) groups excluding carboxylic acids is 1. The van der Waals surface area contributed by atoms with Gasteiger partial charge >= 0.3 is 0 Å². The van der Waals surface area contributed by atoms with E-state index in [2.05, 4.69) is 20.8 Å². The van der Waals surface area contributed by atoms with Gasteiger partial charge in [0.15, 0.2) is 0 Å². The summed E-state index contributed by atoms with van der Waals surface area (Å²) in [5.74, 6) is 0.711. The largest absolute Gasteiger partial charge is 0.341 e. The lowest BCUT2D eigenvalue weighted by Gasteiger charge is -2.31. The van der Waals surface area contributed by atoms with E-state index >= 15 is 0 Å². The Morgan fingerprint density at radius 2 is 1.76 bits per heavy atom. The summed E-state index contributed by atoms with van der Waals surface area (Å²) in [6, 6.07) is -0.388. The summed E-state index contributed by atoms with van der Waals surface area (Å²) in [5.41, 5.74) is 6.16. The van der Waals surface area contributed by atoms with Gasteiger partial charge in [-0.25, -0.2) is 0 Å². The molecule has 3 nitrogen and oxygen atoms in total. The molecule has 0 bridgehead atoms. The molecule has 2 unspecified atom stereocenters. The third-order valence-corrected chi connectivity index (χ3v) is 3.92. The van der Waals surface area contributed by atoms with Crippen LogP contribution in [0.3, 0.4) is 0 Å². The van der Waals surface area contributed by atoms with Crippen molar-refractivity contribution in [2.75, 3.05) is 13.1 Å². The van der Waals surface area contributed by atoms with Gasteiger partial charge in [0.25, 0.3) is 0 Å². The summed E-state index contributed by atoms with van der Waals surface area (Å²) in [4.78, 5) is 14.2. The molecule has 2 atom stereocenters. The van der Waals surface area contributed by atoms with Crippen LogP contribution in [0.25, 0.3) is 0 Å². The average Bonchev–Trinajstić information content (AvgIpc) is 2.61. The van der Waals surface area contributed by atoms with E-state index in [1.54, 1.807) is 0 Å². The van der Waals surface area contributed by atoms with E-state index < -0.39 is 0 Å². The molecule has 1 aliphatic heterocycles. The van der Waals surface area contributed by atoms with Gasteiger partial charge in [0.05, 0.1) is 6.04 Å². The van der Waals surface area contributed by atoms with Gasteiger partial charge in [-0.2, -0.15) is 0 Å². The molecule has 0 radical (unpaired) electrons. The van der Waals surface area contributed by atoms with Gasteiger partial charge in [-0.1, -0.05) is 41.5 Å². The minimum Gasteiger partial charge on any atom is -0.341 e. The van der Waals surface area contributed by atoms with E-state index in [9.17, 15) is 4.79 Å². The first-order chi connectivity index (χ1) is 7.53. The Balaban J connectivity index is 2.63. The first-order valence-electron chi connectivity index (χ1n) is 6.58. The quantitative estimate of drug-likeness (QED) is 0.764. The summed E-state index contributed by atoms with van der Waals surface area (Å²) in [6.45, 7) is 14.5. The second-order valence-corrected chi connectivity index (χ2v) is 7.48. The fourth-order valence-corrected chi connectivity index (χ4v) is 2.23. The number of nitrogens with zero attached hydrogens (tertiary/aromatic N) is 1. The Morgan fingerprint density at radius 1 is 1.24 bits per heavy atom. The highest BCUT2D eigenvalue weighted by Crippen LogP contribution is 2.34. The van der Waals surface area contributed by atoms with E-state index in [0.29, 0.717) is 5.92 Å². The number of carbonyl (C=O) groups is 1. The highest BCUT2D eigenvalue weighted by Gasteiger charge is 2.37. The van der Waals surface area contributed by atoms with Gasteiger partial charge in [0, 0.05) is 13.1 Å². The summed E-state index contributed by atoms with van der Waals surface area (Å²) in [6.07, 6.45) is 1.10. The predicted molar refractivity (Wildman–Crippen MR) is 71.6 cm³/mol. The number of hydrogen-bond donors (Lipinski definition) is 1. The molecule has 1 aliphatic rings. The zero-order valence-corrected chi connectivity index (χ0v) is 12.2. The highest BCUT2D eigenvalue weighted by atomic mass is 16.2. The van der Waals surface area contributed by atoms with Crippen molar-refractivity contribution in [1.82, 2.24) is 4.90 Å². The Bertz CT molecular complexity index is 286. The van der Waals surface area contributed by atoms with Gasteiger partial charge < -0.3 is 10.6 Å². The van der Waals surface area contributed by atoms with Gasteiger partial charge in [-0.15, -0.1) is 0 Å². The Kier molecular flexibility index (Phi) is 3.92. The average molecular weight is 240 g/mol. The Morgan fingerprint density at radius 3 is 2.12 bits per heavy atom. The molecule has 0 spiro atoms. The van der Waals surface area contributed by atoms with Gasteiger partial charge in [-0.3, -0.25) is 4.79 Å². The fourth-order valence-electron chi connectivity index (χ4n) is 2.23. The topological polar surface area (TPSA) is 46.3 Å². The van der Waals surface area contributed by atoms with Crippen LogP contribution in [0.1, 0.15) is 48.0 Å². The van der Waals surface area contributed by atoms with Crippen molar-refractivity contribution in [3.8, 4) is 0 Å². The van der Waals surface area contributed by atoms with Crippen molar-refractivity contribution in [2.45, 2.75) is 54.0 Å². The summed E-state index contributed by atoms with van der Waals surface area (Å²) in [5, 5.41) is 0. The number of amides is 1. The molecule has 3 heteroatoms. The lowest BCUT2D eigenvalue weighted by atomic mass is 9.80. The molecule has 0 aromatic carbocycles. The number of rotatable bonds is 1. The van der Waals surface area contributed by atoms with E-state index in [-0.39, 0.29) is 22.8 Å². The van der Waals surface area contributed by atoms with Crippen LogP contribution in [0, 0.1) is 16.7 Å². The number of likely N-dealkylation sites (tertiary alicyclic amines) is 1. The SMILES string of the molecule is CC(C)(C)C1CCN(C(=O)C(N)C(C)(C)C)C1. The minimum absolute atomic E-state index is 0.115. The van der Waals surface area contributed by atoms with E-state index in [0.717, 1.165) is 19.5 Å². The molecule has 1 amide bonds. The van der Waals surface area contributed by atoms with Crippen LogP contribution in [0.4, 0.5) is 0 Å². The molecular weight excluding hydrogens is 212 g/mol. The lowest BCUT2D eigenvalue weighted by Crippen LogP contribution is -2.49. The first-order valence-corrected chi connectivity index (χ1v) is 6.58. The van der Waals surface area contributed by atoms with Crippen LogP contribution in [0.2, 0.25) is 0 Å². The Hall–Kier alpha value is -0.570. The van der Waals surface area contributed by atoms with Crippen molar-refractivity contribution in [3.63, 3.8) is 0 Å². The molecule has 1 heterocycles. The third kappa shape index (κ3) is 3.44. The number of nitrogens with two attached hydrogens (primary N) is 1. The lowest BCUT2D eigenvalue weighted by molar-refractivity contribution is -0.134. The fraction of sp³-hybridized carbons (Fsp3) is 0.929. The van der Waals surface area contributed by atoms with Crippen LogP contribution >= 0.6 is 0 Å². The van der Waals surface area contributed by atoms with Gasteiger partial charge in [0.2, 0.25) is 5.91 Å². The molecule has 2 N–H and O–H groups in total. The minimum atomic E-state index is -0.388. The summed E-state index contributed by atoms with van der Waals surface area (Å²) >= 11 is 0. The van der Waals surface area contributed by atoms with Gasteiger partial charge in [0.1, 0.15) is 0 Å². The first kappa shape index (κ1) is 14.5. The monoisotopic (exact) mass is 240 g/mol. The van der Waals surface area contributed by atoms with Crippen molar-refractivity contribution < 1.29 is 4.79 Å². The van der Waals surface area contributed by atoms with Crippen molar-refractivity contribution in [2.24, 2.45) is 22.5 Å². The molecular formula is C14H28N2O. The van der Waals surface area contributed by atoms with Crippen LogP contribution < -0.4 is 5.73 Å². The molecule has 1 saturated heterocycles. The van der Waals surface area contributed by atoms with Crippen molar-refractivity contribution >= 4 is 5.91 Å². The van der Waals surface area contributed by atoms with Gasteiger partial charge in [-0.05, 0) is 23.2 Å². The smallest absolute Gasteiger partial charge is 0.240 e. The summed E-state index contributed by atoms with van der Waals surface area (Å²) in [7, 11) is 0. The van der Waals surface area contributed by atoms with Crippen molar-refractivity contribution in [1.29, 1.82) is 0 Å². The van der Waals surface area contributed by atoms with E-state index in [1.807, 2.05) is 25.7 Å². The molecule has 0 aromatic heterocycles. The maximum absolute atomic E-state index is 12.3. The zero-order valence-electron chi connectivity index (χ0n) is 12.2. The molecule has 1 fully saturated rings. The molecule has 0 saturated carbocycles. The zero-order chi connectivity index (χ0) is 13.4. The van der Waals surface area contributed by atoms with Crippen LogP contribution in [0.15, 0.2) is 0 Å². The molecule has 0 aromatic rings. The number of hydrogen-bond acceptors (Lipinski definition) is 2. The van der Waals surface area contributed by atoms with E-state index in [4.69, 9.17) is 5.73 Å². The molecule has 17 heavy (non-hydrogen) atoms.